The first kappa shape index (κ1) is 15.7. The Kier molecular flexibility index (Phi) is 5.09. The second-order valence-corrected chi connectivity index (χ2v) is 5.29. The summed E-state index contributed by atoms with van der Waals surface area (Å²) in [4.78, 5) is 11.8. The van der Waals surface area contributed by atoms with Crippen molar-refractivity contribution in [3.05, 3.63) is 45.3 Å². The SMILES string of the molecule is Cc1noc(C)c1CNC(=O)COc1ccc(Cl)cc1Cl. The van der Waals surface area contributed by atoms with Crippen molar-refractivity contribution in [2.45, 2.75) is 20.4 Å². The van der Waals surface area contributed by atoms with Gasteiger partial charge in [-0.2, -0.15) is 0 Å². The van der Waals surface area contributed by atoms with E-state index in [9.17, 15) is 4.79 Å². The molecule has 0 atom stereocenters. The van der Waals surface area contributed by atoms with E-state index >= 15 is 0 Å². The van der Waals surface area contributed by atoms with Gasteiger partial charge in [0.2, 0.25) is 0 Å². The second kappa shape index (κ2) is 6.83. The zero-order chi connectivity index (χ0) is 15.4. The minimum atomic E-state index is -0.263. The molecule has 1 heterocycles. The number of aromatic nitrogens is 1. The van der Waals surface area contributed by atoms with Crippen molar-refractivity contribution in [2.24, 2.45) is 0 Å². The fourth-order valence-electron chi connectivity index (χ4n) is 1.73. The Bertz CT molecular complexity index is 636. The van der Waals surface area contributed by atoms with Crippen LogP contribution in [0, 0.1) is 13.8 Å². The van der Waals surface area contributed by atoms with Crippen LogP contribution in [0.4, 0.5) is 0 Å². The molecular formula is C14H14Cl2N2O3. The van der Waals surface area contributed by atoms with Crippen LogP contribution in [-0.4, -0.2) is 17.7 Å². The second-order valence-electron chi connectivity index (χ2n) is 4.44. The van der Waals surface area contributed by atoms with Gasteiger partial charge in [-0.15, -0.1) is 0 Å². The molecular weight excluding hydrogens is 315 g/mol. The van der Waals surface area contributed by atoms with Crippen LogP contribution in [0.3, 0.4) is 0 Å². The summed E-state index contributed by atoms with van der Waals surface area (Å²) in [5.74, 6) is 0.837. The molecule has 2 aromatic rings. The number of halogens is 2. The Morgan fingerprint density at radius 1 is 1.38 bits per heavy atom. The number of carbonyl (C=O) groups is 1. The molecule has 0 spiro atoms. The van der Waals surface area contributed by atoms with Gasteiger partial charge in [0, 0.05) is 17.1 Å². The van der Waals surface area contributed by atoms with E-state index in [0.29, 0.717) is 28.1 Å². The van der Waals surface area contributed by atoms with E-state index in [-0.39, 0.29) is 12.5 Å². The Morgan fingerprint density at radius 3 is 2.76 bits per heavy atom. The molecule has 0 saturated carbocycles. The molecule has 5 nitrogen and oxygen atoms in total. The number of aryl methyl sites for hydroxylation is 2. The number of carbonyl (C=O) groups excluding carboxylic acids is 1. The molecule has 0 aliphatic rings. The molecule has 1 aromatic heterocycles. The number of rotatable bonds is 5. The van der Waals surface area contributed by atoms with Crippen molar-refractivity contribution in [1.29, 1.82) is 0 Å². The molecule has 112 valence electrons. The van der Waals surface area contributed by atoms with Crippen LogP contribution < -0.4 is 10.1 Å². The first-order valence-corrected chi connectivity index (χ1v) is 6.99. The van der Waals surface area contributed by atoms with Gasteiger partial charge >= 0.3 is 0 Å². The largest absolute Gasteiger partial charge is 0.482 e. The van der Waals surface area contributed by atoms with Crippen LogP contribution in [0.2, 0.25) is 10.0 Å². The maximum Gasteiger partial charge on any atom is 0.258 e. The van der Waals surface area contributed by atoms with Gasteiger partial charge in [-0.1, -0.05) is 28.4 Å². The Labute approximate surface area is 132 Å². The van der Waals surface area contributed by atoms with E-state index in [1.807, 2.05) is 6.92 Å². The lowest BCUT2D eigenvalue weighted by atomic mass is 10.2. The molecule has 2 rings (SSSR count). The standard InChI is InChI=1S/C14H14Cl2N2O3/c1-8-11(9(2)21-18-8)6-17-14(19)7-20-13-4-3-10(15)5-12(13)16/h3-5H,6-7H2,1-2H3,(H,17,19). The maximum absolute atomic E-state index is 11.8. The predicted octanol–water partition coefficient (Wildman–Crippen LogP) is 3.29. The van der Waals surface area contributed by atoms with Gasteiger partial charge in [-0.3, -0.25) is 4.79 Å². The van der Waals surface area contributed by atoms with Gasteiger partial charge in [0.25, 0.3) is 5.91 Å². The normalized spacial score (nSPS) is 10.5. The predicted molar refractivity (Wildman–Crippen MR) is 79.8 cm³/mol. The van der Waals surface area contributed by atoms with Gasteiger partial charge < -0.3 is 14.6 Å². The minimum Gasteiger partial charge on any atom is -0.482 e. The summed E-state index contributed by atoms with van der Waals surface area (Å²) in [5.41, 5.74) is 1.63. The third-order valence-electron chi connectivity index (χ3n) is 2.90. The number of benzene rings is 1. The van der Waals surface area contributed by atoms with E-state index in [1.165, 1.54) is 0 Å². The first-order chi connectivity index (χ1) is 9.97. The molecule has 21 heavy (non-hydrogen) atoms. The monoisotopic (exact) mass is 328 g/mol. The molecule has 0 aliphatic heterocycles. The van der Waals surface area contributed by atoms with E-state index in [2.05, 4.69) is 10.5 Å². The topological polar surface area (TPSA) is 64.4 Å². The quantitative estimate of drug-likeness (QED) is 0.914. The number of nitrogens with zero attached hydrogens (tertiary/aromatic N) is 1. The molecule has 0 radical (unpaired) electrons. The highest BCUT2D eigenvalue weighted by Gasteiger charge is 2.11. The lowest BCUT2D eigenvalue weighted by Gasteiger charge is -2.08. The van der Waals surface area contributed by atoms with Crippen LogP contribution in [-0.2, 0) is 11.3 Å². The van der Waals surface area contributed by atoms with Gasteiger partial charge in [-0.25, -0.2) is 0 Å². The molecule has 0 fully saturated rings. The number of hydrogen-bond acceptors (Lipinski definition) is 4. The van der Waals surface area contributed by atoms with Crippen molar-refractivity contribution in [3.8, 4) is 5.75 Å². The van der Waals surface area contributed by atoms with Gasteiger partial charge in [0.15, 0.2) is 6.61 Å². The summed E-state index contributed by atoms with van der Waals surface area (Å²) in [5, 5.41) is 7.43. The van der Waals surface area contributed by atoms with Crippen LogP contribution in [0.1, 0.15) is 17.0 Å². The number of hydrogen-bond donors (Lipinski definition) is 1. The Balaban J connectivity index is 1.85. The lowest BCUT2D eigenvalue weighted by Crippen LogP contribution is -2.28. The van der Waals surface area contributed by atoms with Crippen LogP contribution >= 0.6 is 23.2 Å². The van der Waals surface area contributed by atoms with Gasteiger partial charge in [0.05, 0.1) is 10.7 Å². The maximum atomic E-state index is 11.8. The third-order valence-corrected chi connectivity index (χ3v) is 3.43. The summed E-state index contributed by atoms with van der Waals surface area (Å²) in [6.45, 7) is 3.83. The summed E-state index contributed by atoms with van der Waals surface area (Å²) < 4.78 is 10.4. The summed E-state index contributed by atoms with van der Waals surface area (Å²) in [6, 6.07) is 4.82. The van der Waals surface area contributed by atoms with Crippen LogP contribution in [0.15, 0.2) is 22.7 Å². The van der Waals surface area contributed by atoms with E-state index in [1.54, 1.807) is 25.1 Å². The fourth-order valence-corrected chi connectivity index (χ4v) is 2.19. The Hall–Kier alpha value is -1.72. The number of nitrogens with one attached hydrogen (secondary N) is 1. The zero-order valence-electron chi connectivity index (χ0n) is 11.6. The van der Waals surface area contributed by atoms with Crippen molar-refractivity contribution in [1.82, 2.24) is 10.5 Å². The molecule has 7 heteroatoms. The summed E-state index contributed by atoms with van der Waals surface area (Å²) in [7, 11) is 0. The highest BCUT2D eigenvalue weighted by Crippen LogP contribution is 2.27. The average Bonchev–Trinajstić information content (AvgIpc) is 2.75. The zero-order valence-corrected chi connectivity index (χ0v) is 13.1. The molecule has 0 unspecified atom stereocenters. The molecule has 0 saturated heterocycles. The van der Waals surface area contributed by atoms with E-state index < -0.39 is 0 Å². The smallest absolute Gasteiger partial charge is 0.258 e. The highest BCUT2D eigenvalue weighted by molar-refractivity contribution is 6.35. The summed E-state index contributed by atoms with van der Waals surface area (Å²) in [6.07, 6.45) is 0. The molecule has 0 bridgehead atoms. The minimum absolute atomic E-state index is 0.134. The van der Waals surface area contributed by atoms with Crippen molar-refractivity contribution >= 4 is 29.1 Å². The van der Waals surface area contributed by atoms with Crippen molar-refractivity contribution in [3.63, 3.8) is 0 Å². The van der Waals surface area contributed by atoms with Crippen molar-refractivity contribution < 1.29 is 14.1 Å². The Morgan fingerprint density at radius 2 is 2.14 bits per heavy atom. The van der Waals surface area contributed by atoms with Crippen molar-refractivity contribution in [2.75, 3.05) is 6.61 Å². The van der Waals surface area contributed by atoms with Crippen LogP contribution in [0.25, 0.3) is 0 Å². The number of amides is 1. The first-order valence-electron chi connectivity index (χ1n) is 6.23. The van der Waals surface area contributed by atoms with Gasteiger partial charge in [-0.05, 0) is 32.0 Å². The molecule has 0 aliphatic carbocycles. The fraction of sp³-hybridized carbons (Fsp3) is 0.286. The van der Waals surface area contributed by atoms with E-state index in [0.717, 1.165) is 11.3 Å². The summed E-state index contributed by atoms with van der Waals surface area (Å²) >= 11 is 11.7. The molecule has 1 amide bonds. The molecule has 1 N–H and O–H groups in total. The lowest BCUT2D eigenvalue weighted by molar-refractivity contribution is -0.123. The third kappa shape index (κ3) is 4.12. The molecule has 1 aromatic carbocycles. The van der Waals surface area contributed by atoms with Crippen LogP contribution in [0.5, 0.6) is 5.75 Å². The van der Waals surface area contributed by atoms with Gasteiger partial charge in [0.1, 0.15) is 11.5 Å². The van der Waals surface area contributed by atoms with E-state index in [4.69, 9.17) is 32.5 Å². The average molecular weight is 329 g/mol. The number of ether oxygens (including phenoxy) is 1. The highest BCUT2D eigenvalue weighted by atomic mass is 35.5.